The van der Waals surface area contributed by atoms with Crippen molar-refractivity contribution in [2.45, 2.75) is 21.9 Å². The lowest BCUT2D eigenvalue weighted by Gasteiger charge is -2.26. The summed E-state index contributed by atoms with van der Waals surface area (Å²) >= 11 is 19.7. The fraction of sp³-hybridized carbons (Fsp3) is 0.0667. The molecule has 0 bridgehead atoms. The number of anilines is 1. The number of rotatable bonds is 7. The van der Waals surface area contributed by atoms with Gasteiger partial charge in [-0.1, -0.05) is 41.0 Å². The van der Waals surface area contributed by atoms with Crippen LogP contribution in [0.5, 0.6) is 0 Å². The van der Waals surface area contributed by atoms with Gasteiger partial charge in [-0.05, 0) is 91.1 Å². The standard InChI is InChI=1S/C30H20Cl2N4O3S2/c31-23-13-4-18(17-24(23)32)26-14-15-27(39-26)29-28(25-3-1-2-16-33-25)34-30(40)35(29)19-5-9-21(10-6-19)41-22-11-7-20(8-12-22)36(37)38/h1-17,28-29H,(H,34,40)/t28-,29+/m1/s1. The van der Waals surface area contributed by atoms with Crippen molar-refractivity contribution in [2.24, 2.45) is 0 Å². The maximum absolute atomic E-state index is 11.0. The van der Waals surface area contributed by atoms with Crippen molar-refractivity contribution in [3.05, 3.63) is 135 Å². The number of benzene rings is 3. The van der Waals surface area contributed by atoms with Gasteiger partial charge in [-0.25, -0.2) is 0 Å². The zero-order chi connectivity index (χ0) is 28.5. The number of non-ortho nitro benzene ring substituents is 1. The quantitative estimate of drug-likeness (QED) is 0.110. The Morgan fingerprint density at radius 3 is 2.32 bits per heavy atom. The topological polar surface area (TPSA) is 84.4 Å². The van der Waals surface area contributed by atoms with Crippen molar-refractivity contribution < 1.29 is 9.34 Å². The van der Waals surface area contributed by atoms with Crippen molar-refractivity contribution in [3.63, 3.8) is 0 Å². The van der Waals surface area contributed by atoms with Crippen LogP contribution >= 0.6 is 47.2 Å². The van der Waals surface area contributed by atoms with Crippen LogP contribution in [0.2, 0.25) is 10.0 Å². The summed E-state index contributed by atoms with van der Waals surface area (Å²) in [5, 5.41) is 15.9. The summed E-state index contributed by atoms with van der Waals surface area (Å²) < 4.78 is 6.41. The number of nitrogens with one attached hydrogen (secondary N) is 1. The molecular weight excluding hydrogens is 599 g/mol. The minimum Gasteiger partial charge on any atom is -0.459 e. The fourth-order valence-corrected chi connectivity index (χ4v) is 6.15. The van der Waals surface area contributed by atoms with Crippen molar-refractivity contribution in [3.8, 4) is 11.3 Å². The molecule has 11 heteroatoms. The lowest BCUT2D eigenvalue weighted by molar-refractivity contribution is -0.384. The van der Waals surface area contributed by atoms with Crippen LogP contribution < -0.4 is 10.2 Å². The van der Waals surface area contributed by atoms with E-state index in [1.807, 2.05) is 65.6 Å². The van der Waals surface area contributed by atoms with Crippen molar-refractivity contribution in [1.29, 1.82) is 0 Å². The molecule has 204 valence electrons. The number of nitrogens with zero attached hydrogens (tertiary/aromatic N) is 3. The minimum atomic E-state index is -0.405. The second-order valence-corrected chi connectivity index (χ2v) is 11.5. The Bertz CT molecular complexity index is 1730. The van der Waals surface area contributed by atoms with Gasteiger partial charge in [0.25, 0.3) is 5.69 Å². The number of pyridine rings is 1. The summed E-state index contributed by atoms with van der Waals surface area (Å²) in [7, 11) is 0. The second-order valence-electron chi connectivity index (χ2n) is 9.17. The average Bonchev–Trinajstić information content (AvgIpc) is 3.60. The molecule has 1 aliphatic heterocycles. The van der Waals surface area contributed by atoms with E-state index in [1.54, 1.807) is 30.5 Å². The molecule has 1 N–H and O–H groups in total. The van der Waals surface area contributed by atoms with Gasteiger partial charge in [0.1, 0.15) is 17.6 Å². The third kappa shape index (κ3) is 5.67. The number of nitro benzene ring substituents is 1. The van der Waals surface area contributed by atoms with Crippen LogP contribution in [0.25, 0.3) is 11.3 Å². The van der Waals surface area contributed by atoms with E-state index in [1.165, 1.54) is 23.9 Å². The van der Waals surface area contributed by atoms with Gasteiger partial charge in [0, 0.05) is 39.4 Å². The molecule has 41 heavy (non-hydrogen) atoms. The highest BCUT2D eigenvalue weighted by atomic mass is 35.5. The Hall–Kier alpha value is -3.89. The number of nitro groups is 1. The molecule has 1 aliphatic rings. The molecule has 0 aliphatic carbocycles. The normalized spacial score (nSPS) is 16.5. The van der Waals surface area contributed by atoms with Gasteiger partial charge in [-0.2, -0.15) is 0 Å². The van der Waals surface area contributed by atoms with Crippen LogP contribution in [0.1, 0.15) is 23.5 Å². The summed E-state index contributed by atoms with van der Waals surface area (Å²) in [6.45, 7) is 0. The Kier molecular flexibility index (Phi) is 7.68. The first-order chi connectivity index (χ1) is 19.9. The van der Waals surface area contributed by atoms with Gasteiger partial charge in [0.2, 0.25) is 0 Å². The van der Waals surface area contributed by atoms with Gasteiger partial charge in [0.05, 0.1) is 26.7 Å². The van der Waals surface area contributed by atoms with Crippen LogP contribution in [0.3, 0.4) is 0 Å². The summed E-state index contributed by atoms with van der Waals surface area (Å²) in [5.74, 6) is 1.37. The first-order valence-electron chi connectivity index (χ1n) is 12.5. The molecule has 0 saturated carbocycles. The lowest BCUT2D eigenvalue weighted by atomic mass is 10.0. The van der Waals surface area contributed by atoms with Crippen LogP contribution in [-0.2, 0) is 0 Å². The van der Waals surface area contributed by atoms with Crippen molar-refractivity contribution in [2.75, 3.05) is 4.90 Å². The predicted molar refractivity (Wildman–Crippen MR) is 166 cm³/mol. The smallest absolute Gasteiger partial charge is 0.269 e. The third-order valence-corrected chi connectivity index (χ3v) is 8.69. The summed E-state index contributed by atoms with van der Waals surface area (Å²) in [4.78, 5) is 19.1. The molecule has 0 unspecified atom stereocenters. The fourth-order valence-electron chi connectivity index (χ4n) is 4.68. The SMILES string of the molecule is O=[N+]([O-])c1ccc(Sc2ccc(N3C(=S)N[C@H](c4ccccn4)[C@@H]3c3ccc(-c4ccc(Cl)c(Cl)c4)o3)cc2)cc1. The van der Waals surface area contributed by atoms with E-state index in [4.69, 9.17) is 39.8 Å². The molecule has 0 spiro atoms. The number of hydrogen-bond donors (Lipinski definition) is 1. The molecule has 5 aromatic rings. The molecule has 1 saturated heterocycles. The highest BCUT2D eigenvalue weighted by molar-refractivity contribution is 7.99. The maximum Gasteiger partial charge on any atom is 0.269 e. The molecule has 3 heterocycles. The van der Waals surface area contributed by atoms with E-state index >= 15 is 0 Å². The third-order valence-electron chi connectivity index (χ3n) is 6.62. The first-order valence-corrected chi connectivity index (χ1v) is 14.4. The molecule has 0 radical (unpaired) electrons. The van der Waals surface area contributed by atoms with Gasteiger partial charge in [-0.3, -0.25) is 15.1 Å². The van der Waals surface area contributed by atoms with Crippen molar-refractivity contribution in [1.82, 2.24) is 10.3 Å². The van der Waals surface area contributed by atoms with Gasteiger partial charge in [-0.15, -0.1) is 0 Å². The van der Waals surface area contributed by atoms with Crippen LogP contribution in [-0.4, -0.2) is 15.0 Å². The van der Waals surface area contributed by atoms with E-state index in [0.29, 0.717) is 26.7 Å². The summed E-state index contributed by atoms with van der Waals surface area (Å²) in [6.07, 6.45) is 1.76. The van der Waals surface area contributed by atoms with Crippen LogP contribution in [0.15, 0.2) is 117 Å². The average molecular weight is 620 g/mol. The highest BCUT2D eigenvalue weighted by Gasteiger charge is 2.42. The molecule has 0 amide bonds. The zero-order valence-electron chi connectivity index (χ0n) is 21.1. The largest absolute Gasteiger partial charge is 0.459 e. The maximum atomic E-state index is 11.0. The van der Waals surface area contributed by atoms with Gasteiger partial charge in [0.15, 0.2) is 5.11 Å². The molecule has 2 aromatic heterocycles. The molecular formula is C30H20Cl2N4O3S2. The second kappa shape index (κ2) is 11.5. The molecule has 3 aromatic carbocycles. The number of thiocarbonyl (C=S) groups is 1. The van der Waals surface area contributed by atoms with E-state index < -0.39 is 4.92 Å². The monoisotopic (exact) mass is 618 g/mol. The zero-order valence-corrected chi connectivity index (χ0v) is 24.3. The summed E-state index contributed by atoms with van der Waals surface area (Å²) in [6, 6.07) is 28.9. The van der Waals surface area contributed by atoms with Gasteiger partial charge >= 0.3 is 0 Å². The lowest BCUT2D eigenvalue weighted by Crippen LogP contribution is -2.29. The number of furan rings is 1. The highest BCUT2D eigenvalue weighted by Crippen LogP contribution is 2.43. The van der Waals surface area contributed by atoms with E-state index in [-0.39, 0.29) is 17.8 Å². The van der Waals surface area contributed by atoms with Crippen LogP contribution in [0.4, 0.5) is 11.4 Å². The molecule has 2 atom stereocenters. The first kappa shape index (κ1) is 27.3. The van der Waals surface area contributed by atoms with Gasteiger partial charge < -0.3 is 14.6 Å². The summed E-state index contributed by atoms with van der Waals surface area (Å²) in [5.41, 5.74) is 2.59. The number of hydrogen-bond acceptors (Lipinski definition) is 6. The van der Waals surface area contributed by atoms with Crippen molar-refractivity contribution >= 4 is 63.7 Å². The Morgan fingerprint density at radius 1 is 0.927 bits per heavy atom. The minimum absolute atomic E-state index is 0.0634. The number of halogens is 2. The van der Waals surface area contributed by atoms with E-state index in [2.05, 4.69) is 10.3 Å². The molecule has 7 nitrogen and oxygen atoms in total. The molecule has 1 fully saturated rings. The Labute approximate surface area is 255 Å². The number of aromatic nitrogens is 1. The van der Waals surface area contributed by atoms with E-state index in [0.717, 1.165) is 26.7 Å². The Balaban J connectivity index is 1.32. The Morgan fingerprint density at radius 2 is 1.66 bits per heavy atom. The van der Waals surface area contributed by atoms with E-state index in [9.17, 15) is 10.1 Å². The predicted octanol–water partition coefficient (Wildman–Crippen LogP) is 8.88. The molecule has 6 rings (SSSR count). The van der Waals surface area contributed by atoms with Crippen LogP contribution in [0, 0.1) is 10.1 Å².